The van der Waals surface area contributed by atoms with Crippen molar-refractivity contribution in [2.45, 2.75) is 0 Å². The average molecular weight is 357 g/mol. The zero-order valence-corrected chi connectivity index (χ0v) is 14.3. The van der Waals surface area contributed by atoms with Crippen LogP contribution < -0.4 is 4.90 Å². The normalized spacial score (nSPS) is 16.0. The van der Waals surface area contributed by atoms with Crippen molar-refractivity contribution in [3.63, 3.8) is 0 Å². The number of aromatic nitrogens is 2. The summed E-state index contributed by atoms with van der Waals surface area (Å²) < 4.78 is 10.5. The summed E-state index contributed by atoms with van der Waals surface area (Å²) in [5.41, 5.74) is 0.747. The lowest BCUT2D eigenvalue weighted by Crippen LogP contribution is -2.47. The summed E-state index contributed by atoms with van der Waals surface area (Å²) in [6, 6.07) is 5.74. The Labute approximate surface area is 144 Å². The monoisotopic (exact) mass is 356 g/mol. The molecular weight excluding hydrogens is 339 g/mol. The molecule has 1 aliphatic rings. The second-order valence-electron chi connectivity index (χ2n) is 5.38. The van der Waals surface area contributed by atoms with Gasteiger partial charge in [0.15, 0.2) is 0 Å². The quantitative estimate of drug-likeness (QED) is 0.820. The number of anilines is 1. The molecule has 3 rings (SSSR count). The van der Waals surface area contributed by atoms with Crippen molar-refractivity contribution in [3.05, 3.63) is 28.2 Å². The minimum atomic E-state index is 0.492. The minimum Gasteiger partial charge on any atom is -0.383 e. The van der Waals surface area contributed by atoms with Crippen LogP contribution in [0, 0.1) is 0 Å². The Morgan fingerprint density at radius 1 is 1.13 bits per heavy atom. The number of rotatable bonds is 5. The zero-order valence-electron chi connectivity index (χ0n) is 12.8. The molecule has 0 bridgehead atoms. The minimum absolute atomic E-state index is 0.492. The van der Waals surface area contributed by atoms with Gasteiger partial charge in [0, 0.05) is 55.4 Å². The molecule has 1 saturated heterocycles. The third-order valence-corrected chi connectivity index (χ3v) is 4.23. The summed E-state index contributed by atoms with van der Waals surface area (Å²) in [6.45, 7) is 5.29. The first-order valence-electron chi connectivity index (χ1n) is 7.42. The van der Waals surface area contributed by atoms with E-state index in [9.17, 15) is 0 Å². The Morgan fingerprint density at radius 2 is 1.83 bits per heavy atom. The van der Waals surface area contributed by atoms with Gasteiger partial charge in [0.2, 0.25) is 5.82 Å². The summed E-state index contributed by atoms with van der Waals surface area (Å²) in [5, 5.41) is 5.13. The summed E-state index contributed by atoms with van der Waals surface area (Å²) >= 11 is 12.0. The highest BCUT2D eigenvalue weighted by molar-refractivity contribution is 6.35. The predicted molar refractivity (Wildman–Crippen MR) is 90.3 cm³/mol. The zero-order chi connectivity index (χ0) is 16.2. The van der Waals surface area contributed by atoms with Crippen LogP contribution in [0.25, 0.3) is 11.4 Å². The highest BCUT2D eigenvalue weighted by Gasteiger charge is 2.21. The summed E-state index contributed by atoms with van der Waals surface area (Å²) in [4.78, 5) is 8.91. The Hall–Kier alpha value is -1.34. The van der Waals surface area contributed by atoms with Crippen molar-refractivity contribution < 1.29 is 9.26 Å². The standard InChI is InChI=1S/C15H18Cl2N4O2/c1-22-7-6-20-2-4-21(5-3-20)15-18-14(19-23-15)11-8-12(16)10-13(17)9-11/h8-10H,2-7H2,1H3. The molecule has 0 saturated carbocycles. The van der Waals surface area contributed by atoms with Gasteiger partial charge in [-0.15, -0.1) is 0 Å². The van der Waals surface area contributed by atoms with Gasteiger partial charge in [-0.3, -0.25) is 4.90 Å². The molecule has 0 amide bonds. The topological polar surface area (TPSA) is 54.6 Å². The number of nitrogens with zero attached hydrogens (tertiary/aromatic N) is 4. The molecule has 1 aromatic carbocycles. The number of ether oxygens (including phenoxy) is 1. The van der Waals surface area contributed by atoms with E-state index in [2.05, 4.69) is 19.9 Å². The van der Waals surface area contributed by atoms with Gasteiger partial charge in [-0.2, -0.15) is 4.98 Å². The van der Waals surface area contributed by atoms with E-state index < -0.39 is 0 Å². The van der Waals surface area contributed by atoms with Crippen LogP contribution in [0.1, 0.15) is 0 Å². The van der Waals surface area contributed by atoms with Gasteiger partial charge in [0.25, 0.3) is 0 Å². The fraction of sp³-hybridized carbons (Fsp3) is 0.467. The maximum Gasteiger partial charge on any atom is 0.324 e. The number of methoxy groups -OCH3 is 1. The van der Waals surface area contributed by atoms with Crippen molar-refractivity contribution in [1.82, 2.24) is 15.0 Å². The van der Waals surface area contributed by atoms with Crippen LogP contribution in [-0.4, -0.2) is 61.5 Å². The second kappa shape index (κ2) is 7.49. The van der Waals surface area contributed by atoms with Crippen LogP contribution >= 0.6 is 23.2 Å². The molecule has 23 heavy (non-hydrogen) atoms. The number of piperazine rings is 1. The van der Waals surface area contributed by atoms with E-state index in [1.165, 1.54) is 0 Å². The van der Waals surface area contributed by atoms with Crippen LogP contribution in [0.4, 0.5) is 6.01 Å². The van der Waals surface area contributed by atoms with Gasteiger partial charge in [0.05, 0.1) is 6.61 Å². The van der Waals surface area contributed by atoms with E-state index in [1.54, 1.807) is 25.3 Å². The van der Waals surface area contributed by atoms with Crippen LogP contribution in [0.2, 0.25) is 10.0 Å². The highest BCUT2D eigenvalue weighted by Crippen LogP contribution is 2.27. The summed E-state index contributed by atoms with van der Waals surface area (Å²) in [5.74, 6) is 0.492. The highest BCUT2D eigenvalue weighted by atomic mass is 35.5. The van der Waals surface area contributed by atoms with Crippen molar-refractivity contribution in [3.8, 4) is 11.4 Å². The summed E-state index contributed by atoms with van der Waals surface area (Å²) in [6.07, 6.45) is 0. The van der Waals surface area contributed by atoms with Crippen molar-refractivity contribution in [2.24, 2.45) is 0 Å². The van der Waals surface area contributed by atoms with Crippen LogP contribution in [0.5, 0.6) is 0 Å². The van der Waals surface area contributed by atoms with Crippen molar-refractivity contribution in [2.75, 3.05) is 51.3 Å². The molecule has 0 N–H and O–H groups in total. The van der Waals surface area contributed by atoms with E-state index in [1.807, 2.05) is 0 Å². The Bertz CT molecular complexity index is 636. The van der Waals surface area contributed by atoms with Gasteiger partial charge in [-0.05, 0) is 18.2 Å². The first-order chi connectivity index (χ1) is 11.2. The number of hydrogen-bond acceptors (Lipinski definition) is 6. The SMILES string of the molecule is COCCN1CCN(c2nc(-c3cc(Cl)cc(Cl)c3)no2)CC1. The van der Waals surface area contributed by atoms with E-state index in [0.717, 1.165) is 44.9 Å². The van der Waals surface area contributed by atoms with Crippen LogP contribution in [0.15, 0.2) is 22.7 Å². The molecule has 0 aliphatic carbocycles. The molecule has 6 nitrogen and oxygen atoms in total. The maximum absolute atomic E-state index is 6.02. The first-order valence-corrected chi connectivity index (χ1v) is 8.18. The molecule has 0 atom stereocenters. The average Bonchev–Trinajstić information content (AvgIpc) is 3.02. The Kier molecular flexibility index (Phi) is 5.38. The van der Waals surface area contributed by atoms with Crippen molar-refractivity contribution >= 4 is 29.2 Å². The molecule has 0 radical (unpaired) electrons. The molecule has 0 unspecified atom stereocenters. The predicted octanol–water partition coefficient (Wildman–Crippen LogP) is 2.81. The van der Waals surface area contributed by atoms with Crippen LogP contribution in [-0.2, 0) is 4.74 Å². The van der Waals surface area contributed by atoms with Crippen molar-refractivity contribution in [1.29, 1.82) is 0 Å². The van der Waals surface area contributed by atoms with Gasteiger partial charge in [-0.25, -0.2) is 0 Å². The molecular formula is C15H18Cl2N4O2. The first kappa shape index (κ1) is 16.5. The third-order valence-electron chi connectivity index (χ3n) is 3.79. The third kappa shape index (κ3) is 4.14. The van der Waals surface area contributed by atoms with E-state index in [-0.39, 0.29) is 0 Å². The molecule has 1 aromatic heterocycles. The Morgan fingerprint density at radius 3 is 2.48 bits per heavy atom. The fourth-order valence-electron chi connectivity index (χ4n) is 2.53. The number of hydrogen-bond donors (Lipinski definition) is 0. The van der Waals surface area contributed by atoms with Gasteiger partial charge < -0.3 is 14.2 Å². The lowest BCUT2D eigenvalue weighted by Gasteiger charge is -2.33. The molecule has 8 heteroatoms. The fourth-order valence-corrected chi connectivity index (χ4v) is 3.05. The van der Waals surface area contributed by atoms with Crippen LogP contribution in [0.3, 0.4) is 0 Å². The Balaban J connectivity index is 1.66. The lowest BCUT2D eigenvalue weighted by molar-refractivity contribution is 0.143. The lowest BCUT2D eigenvalue weighted by atomic mass is 10.2. The molecule has 124 valence electrons. The molecule has 2 aromatic rings. The molecule has 2 heterocycles. The van der Waals surface area contributed by atoms with E-state index >= 15 is 0 Å². The molecule has 1 aliphatic heterocycles. The molecule has 0 spiro atoms. The smallest absolute Gasteiger partial charge is 0.324 e. The van der Waals surface area contributed by atoms with E-state index in [4.69, 9.17) is 32.5 Å². The van der Waals surface area contributed by atoms with E-state index in [0.29, 0.717) is 21.9 Å². The van der Waals surface area contributed by atoms with Gasteiger partial charge in [0.1, 0.15) is 0 Å². The molecule has 1 fully saturated rings. The maximum atomic E-state index is 6.02. The van der Waals surface area contributed by atoms with Gasteiger partial charge >= 0.3 is 6.01 Å². The largest absolute Gasteiger partial charge is 0.383 e. The summed E-state index contributed by atoms with van der Waals surface area (Å²) in [7, 11) is 1.72. The van der Waals surface area contributed by atoms with Gasteiger partial charge in [-0.1, -0.05) is 28.4 Å². The second-order valence-corrected chi connectivity index (χ2v) is 6.25. The number of benzene rings is 1. The number of halogens is 2.